The van der Waals surface area contributed by atoms with Gasteiger partial charge in [-0.1, -0.05) is 170 Å². The molecule has 0 bridgehead atoms. The third-order valence-corrected chi connectivity index (χ3v) is 10.5. The van der Waals surface area contributed by atoms with E-state index in [0.717, 1.165) is 77.0 Å². The molecular formula is C54H92NO7+. The number of carbonyl (C=O) groups excluding carboxylic acids is 2. The van der Waals surface area contributed by atoms with Crippen molar-refractivity contribution in [1.82, 2.24) is 0 Å². The Morgan fingerprint density at radius 3 is 1.40 bits per heavy atom. The second-order valence-corrected chi connectivity index (χ2v) is 17.3. The zero-order chi connectivity index (χ0) is 45.6. The molecule has 0 saturated heterocycles. The third kappa shape index (κ3) is 41.8. The summed E-state index contributed by atoms with van der Waals surface area (Å²) in [5.41, 5.74) is 0. The first-order valence-corrected chi connectivity index (χ1v) is 24.6. The van der Waals surface area contributed by atoms with Gasteiger partial charge in [-0.3, -0.25) is 9.59 Å². The van der Waals surface area contributed by atoms with Crippen molar-refractivity contribution in [3.05, 3.63) is 85.1 Å². The maximum absolute atomic E-state index is 12.8. The summed E-state index contributed by atoms with van der Waals surface area (Å²) < 4.78 is 17.3. The first-order chi connectivity index (χ1) is 30.1. The predicted molar refractivity (Wildman–Crippen MR) is 261 cm³/mol. The van der Waals surface area contributed by atoms with Gasteiger partial charge in [0, 0.05) is 19.3 Å². The lowest BCUT2D eigenvalue weighted by molar-refractivity contribution is -0.887. The van der Waals surface area contributed by atoms with Gasteiger partial charge in [0.1, 0.15) is 6.61 Å². The van der Waals surface area contributed by atoms with E-state index in [-0.39, 0.29) is 42.7 Å². The Hall–Kier alpha value is -3.49. The van der Waals surface area contributed by atoms with Crippen LogP contribution < -0.4 is 0 Å². The highest BCUT2D eigenvalue weighted by Gasteiger charge is 2.31. The Morgan fingerprint density at radius 1 is 0.500 bits per heavy atom. The van der Waals surface area contributed by atoms with E-state index in [4.69, 9.17) is 14.2 Å². The first kappa shape index (κ1) is 58.5. The van der Waals surface area contributed by atoms with Crippen LogP contribution in [0.5, 0.6) is 0 Å². The summed E-state index contributed by atoms with van der Waals surface area (Å²) in [6.45, 7) is 4.55. The van der Waals surface area contributed by atoms with Crippen LogP contribution in [0.2, 0.25) is 0 Å². The molecular weight excluding hydrogens is 775 g/mol. The largest absolute Gasteiger partial charge is 0.477 e. The van der Waals surface area contributed by atoms with Crippen LogP contribution in [0.15, 0.2) is 85.1 Å². The Morgan fingerprint density at radius 2 is 0.919 bits per heavy atom. The fourth-order valence-electron chi connectivity index (χ4n) is 6.75. The smallest absolute Gasteiger partial charge is 0.362 e. The van der Waals surface area contributed by atoms with Crippen LogP contribution in [0.4, 0.5) is 0 Å². The van der Waals surface area contributed by atoms with Crippen LogP contribution in [-0.4, -0.2) is 80.6 Å². The van der Waals surface area contributed by atoms with Crippen molar-refractivity contribution >= 4 is 17.9 Å². The lowest BCUT2D eigenvalue weighted by Crippen LogP contribution is -2.50. The van der Waals surface area contributed by atoms with Crippen LogP contribution in [0.1, 0.15) is 187 Å². The normalized spacial score (nSPS) is 13.6. The number of aliphatic carboxylic acids is 1. The number of rotatable bonds is 43. The Bertz CT molecular complexity index is 1290. The maximum atomic E-state index is 12.8. The van der Waals surface area contributed by atoms with Crippen molar-refractivity contribution in [2.75, 3.05) is 41.0 Å². The highest BCUT2D eigenvalue weighted by atomic mass is 16.6. The van der Waals surface area contributed by atoms with Crippen molar-refractivity contribution in [2.24, 2.45) is 0 Å². The molecule has 0 aromatic heterocycles. The van der Waals surface area contributed by atoms with Crippen molar-refractivity contribution in [3.63, 3.8) is 0 Å². The van der Waals surface area contributed by atoms with E-state index < -0.39 is 18.1 Å². The van der Waals surface area contributed by atoms with Gasteiger partial charge in [-0.05, 0) is 83.5 Å². The topological polar surface area (TPSA) is 99.1 Å². The monoisotopic (exact) mass is 867 g/mol. The number of unbranched alkanes of at least 4 members (excludes halogenated alkanes) is 15. The number of quaternary nitrogens is 1. The van der Waals surface area contributed by atoms with Crippen molar-refractivity contribution in [2.45, 2.75) is 199 Å². The maximum Gasteiger partial charge on any atom is 0.362 e. The minimum atomic E-state index is -0.888. The van der Waals surface area contributed by atoms with Gasteiger partial charge >= 0.3 is 17.9 Å². The van der Waals surface area contributed by atoms with Gasteiger partial charge in [0.05, 0.1) is 34.4 Å². The zero-order valence-corrected chi connectivity index (χ0v) is 40.3. The fraction of sp³-hybridized carbons (Fsp3) is 0.685. The number of nitrogens with zero attached hydrogens (tertiary/aromatic N) is 1. The van der Waals surface area contributed by atoms with E-state index in [0.29, 0.717) is 19.3 Å². The number of carboxylic acids is 1. The summed E-state index contributed by atoms with van der Waals surface area (Å²) >= 11 is 0. The summed E-state index contributed by atoms with van der Waals surface area (Å²) in [5, 5.41) is 9.64. The number of ether oxygens (including phenoxy) is 3. The number of carboxylic acid groups (broad SMARTS) is 1. The van der Waals surface area contributed by atoms with Gasteiger partial charge < -0.3 is 23.8 Å². The molecule has 354 valence electrons. The molecule has 0 aliphatic heterocycles. The molecule has 0 spiro atoms. The molecule has 0 aromatic rings. The first-order valence-electron chi connectivity index (χ1n) is 24.6. The summed E-state index contributed by atoms with van der Waals surface area (Å²) in [5.74, 6) is -1.56. The van der Waals surface area contributed by atoms with Gasteiger partial charge in [0.15, 0.2) is 12.1 Å². The Kier molecular flexibility index (Phi) is 41.6. The molecule has 2 unspecified atom stereocenters. The predicted octanol–water partition coefficient (Wildman–Crippen LogP) is 14.1. The highest BCUT2D eigenvalue weighted by Crippen LogP contribution is 2.13. The molecule has 62 heavy (non-hydrogen) atoms. The molecule has 0 aromatic carbocycles. The van der Waals surface area contributed by atoms with Crippen molar-refractivity contribution < 1.29 is 38.2 Å². The molecule has 0 saturated carbocycles. The van der Waals surface area contributed by atoms with E-state index in [2.05, 4.69) is 98.9 Å². The highest BCUT2D eigenvalue weighted by molar-refractivity contribution is 5.72. The Labute approximate surface area is 380 Å². The number of esters is 2. The molecule has 0 aliphatic carbocycles. The molecule has 8 heteroatoms. The molecule has 0 fully saturated rings. The molecule has 1 N–H and O–H groups in total. The molecule has 0 radical (unpaired) electrons. The number of likely N-dealkylation sites (N-methyl/N-ethyl adjacent to an activating group) is 1. The molecule has 8 nitrogen and oxygen atoms in total. The molecule has 2 atom stereocenters. The second-order valence-electron chi connectivity index (χ2n) is 17.3. The second kappa shape index (κ2) is 44.1. The lowest BCUT2D eigenvalue weighted by atomic mass is 10.1. The summed E-state index contributed by atoms with van der Waals surface area (Å²) in [6.07, 6.45) is 57.8. The minimum absolute atomic E-state index is 0.0310. The SMILES string of the molecule is CC/C=C/C/C=C/C/C=C/C/C=C/C/C=C/C/C=C/CCCC(=O)OC(COCCC(C(=O)O)[N+](C)(C)C)COC(=O)CCCCCCC/C=C/CCCCCCCCCCC. The number of hydrogen-bond acceptors (Lipinski definition) is 6. The van der Waals surface area contributed by atoms with Gasteiger partial charge in [0.2, 0.25) is 0 Å². The summed E-state index contributed by atoms with van der Waals surface area (Å²) in [4.78, 5) is 37.1. The number of carbonyl (C=O) groups is 3. The van der Waals surface area contributed by atoms with E-state index in [1.165, 1.54) is 70.6 Å². The van der Waals surface area contributed by atoms with Gasteiger partial charge in [-0.25, -0.2) is 4.79 Å². The van der Waals surface area contributed by atoms with E-state index in [1.807, 2.05) is 21.1 Å². The van der Waals surface area contributed by atoms with Crippen LogP contribution in [-0.2, 0) is 28.6 Å². The standard InChI is InChI=1S/C54H91NO7/c1-6-8-10-12-14-16-18-20-22-24-26-27-29-31-33-35-37-39-41-43-45-53(57)62-50(48-60-47-46-51(54(58)59)55(3,4)5)49-61-52(56)44-42-40-38-36-34-32-30-28-25-23-21-19-17-15-13-11-9-7-2/h8,10,14,16,20,22,26-28,30-31,33,37,39,50-51H,6-7,9,11-13,15,17-19,21,23-25,29,32,34-36,38,40-49H2,1-5H3/p+1/b10-8+,16-14+,22-20+,27-26+,30-28+,33-31+,39-37+. The van der Waals surface area contributed by atoms with E-state index in [9.17, 15) is 19.5 Å². The van der Waals surface area contributed by atoms with Crippen LogP contribution in [0.3, 0.4) is 0 Å². The van der Waals surface area contributed by atoms with Crippen LogP contribution >= 0.6 is 0 Å². The zero-order valence-electron chi connectivity index (χ0n) is 40.3. The van der Waals surface area contributed by atoms with E-state index in [1.54, 1.807) is 0 Å². The van der Waals surface area contributed by atoms with Crippen LogP contribution in [0, 0.1) is 0 Å². The van der Waals surface area contributed by atoms with Gasteiger partial charge in [0.25, 0.3) is 0 Å². The molecule has 0 aliphatic rings. The lowest BCUT2D eigenvalue weighted by Gasteiger charge is -2.31. The van der Waals surface area contributed by atoms with Crippen molar-refractivity contribution in [1.29, 1.82) is 0 Å². The quantitative estimate of drug-likeness (QED) is 0.0282. The van der Waals surface area contributed by atoms with Crippen LogP contribution in [0.25, 0.3) is 0 Å². The third-order valence-electron chi connectivity index (χ3n) is 10.5. The average Bonchev–Trinajstić information content (AvgIpc) is 3.23. The fourth-order valence-corrected chi connectivity index (χ4v) is 6.75. The minimum Gasteiger partial charge on any atom is -0.477 e. The number of allylic oxidation sites excluding steroid dienone is 14. The number of hydrogen-bond donors (Lipinski definition) is 1. The molecule has 0 amide bonds. The molecule has 0 rings (SSSR count). The van der Waals surface area contributed by atoms with Gasteiger partial charge in [-0.15, -0.1) is 0 Å². The molecule has 0 heterocycles. The van der Waals surface area contributed by atoms with Gasteiger partial charge in [-0.2, -0.15) is 0 Å². The van der Waals surface area contributed by atoms with E-state index >= 15 is 0 Å². The van der Waals surface area contributed by atoms with Crippen molar-refractivity contribution in [3.8, 4) is 0 Å². The Balaban J connectivity index is 4.41. The summed E-state index contributed by atoms with van der Waals surface area (Å²) in [6, 6.07) is -0.631. The average molecular weight is 867 g/mol. The summed E-state index contributed by atoms with van der Waals surface area (Å²) in [7, 11) is 5.50.